The van der Waals surface area contributed by atoms with Gasteiger partial charge in [-0.2, -0.15) is 4.98 Å². The summed E-state index contributed by atoms with van der Waals surface area (Å²) in [6.07, 6.45) is 0. The molecule has 74 valence electrons. The third kappa shape index (κ3) is 1.99. The molecule has 2 heterocycles. The first-order chi connectivity index (χ1) is 6.74. The molecule has 0 radical (unpaired) electrons. The third-order valence-corrected chi connectivity index (χ3v) is 2.53. The highest BCUT2D eigenvalue weighted by atomic mass is 32.1. The van der Waals surface area contributed by atoms with Crippen molar-refractivity contribution in [2.45, 2.75) is 13.5 Å². The zero-order valence-electron chi connectivity index (χ0n) is 7.61. The number of aryl methyl sites for hydroxylation is 1. The number of aromatic amines is 1. The van der Waals surface area contributed by atoms with Gasteiger partial charge in [0.05, 0.1) is 6.54 Å². The Morgan fingerprint density at radius 3 is 3.00 bits per heavy atom. The van der Waals surface area contributed by atoms with Crippen LogP contribution in [0, 0.1) is 6.92 Å². The molecule has 0 saturated carbocycles. The quantitative estimate of drug-likeness (QED) is 0.695. The van der Waals surface area contributed by atoms with Crippen molar-refractivity contribution < 1.29 is 0 Å². The number of hydrogen-bond donors (Lipinski definition) is 3. The molecular formula is C7H10N6S. The number of H-pyrrole nitrogens is 1. The van der Waals surface area contributed by atoms with Gasteiger partial charge in [-0.15, -0.1) is 16.4 Å². The minimum atomic E-state index is 0.308. The molecule has 0 saturated heterocycles. The van der Waals surface area contributed by atoms with Gasteiger partial charge in [-0.1, -0.05) is 0 Å². The molecule has 6 nitrogen and oxygen atoms in total. The van der Waals surface area contributed by atoms with Gasteiger partial charge in [0.15, 0.2) is 0 Å². The average molecular weight is 210 g/mol. The van der Waals surface area contributed by atoms with Crippen LogP contribution in [-0.2, 0) is 6.54 Å². The zero-order valence-corrected chi connectivity index (χ0v) is 8.43. The first-order valence-corrected chi connectivity index (χ1v) is 4.95. The average Bonchev–Trinajstić information content (AvgIpc) is 2.72. The lowest BCUT2D eigenvalue weighted by molar-refractivity contribution is 1.02. The summed E-state index contributed by atoms with van der Waals surface area (Å²) in [5.41, 5.74) is 6.40. The minimum Gasteiger partial charge on any atom is -0.368 e. The maximum atomic E-state index is 5.37. The summed E-state index contributed by atoms with van der Waals surface area (Å²) in [6.45, 7) is 2.58. The Morgan fingerprint density at radius 1 is 1.57 bits per heavy atom. The highest BCUT2D eigenvalue weighted by molar-refractivity contribution is 7.09. The summed E-state index contributed by atoms with van der Waals surface area (Å²) in [5, 5.41) is 12.4. The highest BCUT2D eigenvalue weighted by Crippen LogP contribution is 2.10. The predicted octanol–water partition coefficient (Wildman–Crippen LogP) is 0.764. The molecule has 2 aromatic rings. The van der Waals surface area contributed by atoms with E-state index in [1.54, 1.807) is 11.3 Å². The summed E-state index contributed by atoms with van der Waals surface area (Å²) in [4.78, 5) is 8.20. The maximum Gasteiger partial charge on any atom is 0.244 e. The fourth-order valence-corrected chi connectivity index (χ4v) is 1.70. The van der Waals surface area contributed by atoms with E-state index in [0.717, 1.165) is 10.7 Å². The fourth-order valence-electron chi connectivity index (χ4n) is 0.992. The van der Waals surface area contributed by atoms with Crippen molar-refractivity contribution in [2.24, 2.45) is 0 Å². The van der Waals surface area contributed by atoms with Crippen molar-refractivity contribution >= 4 is 23.2 Å². The number of nitrogens with two attached hydrogens (primary N) is 1. The number of rotatable bonds is 3. The summed E-state index contributed by atoms with van der Waals surface area (Å²) < 4.78 is 0. The maximum absolute atomic E-state index is 5.37. The number of aromatic nitrogens is 4. The van der Waals surface area contributed by atoms with Crippen LogP contribution in [0.3, 0.4) is 0 Å². The number of nitrogens with zero attached hydrogens (tertiary/aromatic N) is 3. The summed E-state index contributed by atoms with van der Waals surface area (Å²) in [6, 6.07) is 0. The van der Waals surface area contributed by atoms with Crippen molar-refractivity contribution in [1.29, 1.82) is 0 Å². The normalized spacial score (nSPS) is 10.4. The molecule has 0 aliphatic carbocycles. The van der Waals surface area contributed by atoms with E-state index >= 15 is 0 Å². The van der Waals surface area contributed by atoms with Crippen LogP contribution in [0.2, 0.25) is 0 Å². The molecule has 0 amide bonds. The van der Waals surface area contributed by atoms with Crippen molar-refractivity contribution in [3.05, 3.63) is 16.1 Å². The Morgan fingerprint density at radius 2 is 2.43 bits per heavy atom. The van der Waals surface area contributed by atoms with Gasteiger partial charge in [0.2, 0.25) is 11.9 Å². The van der Waals surface area contributed by atoms with Gasteiger partial charge in [-0.05, 0) is 6.92 Å². The van der Waals surface area contributed by atoms with Crippen molar-refractivity contribution in [1.82, 2.24) is 20.2 Å². The Labute approximate surface area is 84.6 Å². The standard InChI is InChI=1S/C7H10N6S/c1-4-3-14-5(10-4)2-9-7-11-6(8)12-13-7/h3H,2H2,1H3,(H4,8,9,11,12,13). The Kier molecular flexibility index (Phi) is 2.32. The number of thiazole rings is 1. The molecule has 0 aliphatic heterocycles. The molecule has 0 aliphatic rings. The van der Waals surface area contributed by atoms with Crippen molar-refractivity contribution in [3.8, 4) is 0 Å². The summed E-state index contributed by atoms with van der Waals surface area (Å²) in [7, 11) is 0. The van der Waals surface area contributed by atoms with Gasteiger partial charge in [-0.25, -0.2) is 10.1 Å². The lowest BCUT2D eigenvalue weighted by Gasteiger charge is -1.95. The topological polar surface area (TPSA) is 92.5 Å². The van der Waals surface area contributed by atoms with Gasteiger partial charge >= 0.3 is 0 Å². The molecule has 14 heavy (non-hydrogen) atoms. The molecule has 0 unspecified atom stereocenters. The second-order valence-corrected chi connectivity index (χ2v) is 3.72. The lowest BCUT2D eigenvalue weighted by atomic mass is 10.6. The van der Waals surface area contributed by atoms with Crippen LogP contribution in [0.5, 0.6) is 0 Å². The van der Waals surface area contributed by atoms with Gasteiger partial charge in [0, 0.05) is 11.1 Å². The summed E-state index contributed by atoms with van der Waals surface area (Å²) >= 11 is 1.60. The number of nitrogens with one attached hydrogen (secondary N) is 2. The van der Waals surface area contributed by atoms with Gasteiger partial charge in [0.1, 0.15) is 5.01 Å². The van der Waals surface area contributed by atoms with E-state index in [1.165, 1.54) is 0 Å². The largest absolute Gasteiger partial charge is 0.368 e. The van der Waals surface area contributed by atoms with Crippen LogP contribution in [0.1, 0.15) is 10.7 Å². The third-order valence-electron chi connectivity index (χ3n) is 1.57. The van der Waals surface area contributed by atoms with Crippen LogP contribution in [0.25, 0.3) is 0 Å². The van der Waals surface area contributed by atoms with E-state index in [0.29, 0.717) is 18.4 Å². The minimum absolute atomic E-state index is 0.308. The molecule has 0 atom stereocenters. The van der Waals surface area contributed by atoms with Gasteiger partial charge < -0.3 is 11.1 Å². The van der Waals surface area contributed by atoms with Crippen LogP contribution < -0.4 is 11.1 Å². The first kappa shape index (κ1) is 8.95. The van der Waals surface area contributed by atoms with E-state index < -0.39 is 0 Å². The lowest BCUT2D eigenvalue weighted by Crippen LogP contribution is -2.00. The highest BCUT2D eigenvalue weighted by Gasteiger charge is 2.01. The van der Waals surface area contributed by atoms with E-state index in [4.69, 9.17) is 5.73 Å². The molecule has 0 bridgehead atoms. The molecule has 2 rings (SSSR count). The number of hydrogen-bond acceptors (Lipinski definition) is 6. The molecular weight excluding hydrogens is 200 g/mol. The molecule has 0 aromatic carbocycles. The van der Waals surface area contributed by atoms with Crippen molar-refractivity contribution in [3.63, 3.8) is 0 Å². The van der Waals surface area contributed by atoms with E-state index in [9.17, 15) is 0 Å². The van der Waals surface area contributed by atoms with Gasteiger partial charge in [0.25, 0.3) is 0 Å². The molecule has 4 N–H and O–H groups in total. The van der Waals surface area contributed by atoms with Crippen LogP contribution in [0.4, 0.5) is 11.9 Å². The molecule has 0 fully saturated rings. The second kappa shape index (κ2) is 3.62. The van der Waals surface area contributed by atoms with E-state index in [1.807, 2.05) is 12.3 Å². The van der Waals surface area contributed by atoms with Crippen LogP contribution in [-0.4, -0.2) is 20.2 Å². The van der Waals surface area contributed by atoms with Crippen LogP contribution >= 0.6 is 11.3 Å². The van der Waals surface area contributed by atoms with E-state index in [-0.39, 0.29) is 0 Å². The first-order valence-electron chi connectivity index (χ1n) is 4.07. The van der Waals surface area contributed by atoms with Crippen LogP contribution in [0.15, 0.2) is 5.38 Å². The zero-order chi connectivity index (χ0) is 9.97. The van der Waals surface area contributed by atoms with Crippen molar-refractivity contribution in [2.75, 3.05) is 11.1 Å². The fraction of sp³-hybridized carbons (Fsp3) is 0.286. The number of nitrogen functional groups attached to an aromatic ring is 1. The predicted molar refractivity (Wildman–Crippen MR) is 55.0 cm³/mol. The SMILES string of the molecule is Cc1csc(CNc2n[nH]c(N)n2)n1. The van der Waals surface area contributed by atoms with E-state index in [2.05, 4.69) is 25.5 Å². The summed E-state index contributed by atoms with van der Waals surface area (Å²) in [5.74, 6) is 0.804. The Bertz CT molecular complexity index is 379. The monoisotopic (exact) mass is 210 g/mol. The van der Waals surface area contributed by atoms with Gasteiger partial charge in [-0.3, -0.25) is 0 Å². The molecule has 2 aromatic heterocycles. The molecule has 0 spiro atoms. The Balaban J connectivity index is 1.94. The smallest absolute Gasteiger partial charge is 0.244 e. The number of anilines is 2. The molecule has 7 heteroatoms. The Hall–Kier alpha value is -1.63. The second-order valence-electron chi connectivity index (χ2n) is 2.78.